The summed E-state index contributed by atoms with van der Waals surface area (Å²) >= 11 is 0. The molecule has 0 aliphatic carbocycles. The minimum Gasteiger partial charge on any atom is -0.329 e. The minimum absolute atomic E-state index is 0.0277. The average Bonchev–Trinajstić information content (AvgIpc) is 2.68. The van der Waals surface area contributed by atoms with Gasteiger partial charge in [0.05, 0.1) is 13.0 Å². The first-order valence-corrected chi connectivity index (χ1v) is 4.80. The Morgan fingerprint density at radius 1 is 1.33 bits per heavy atom. The van der Waals surface area contributed by atoms with E-state index in [9.17, 15) is 0 Å². The fraction of sp³-hybridized carbons (Fsp3) is 0.300. The fourth-order valence-electron chi connectivity index (χ4n) is 1.51. The van der Waals surface area contributed by atoms with E-state index in [2.05, 4.69) is 15.4 Å². The lowest BCUT2D eigenvalue weighted by Crippen LogP contribution is -2.15. The van der Waals surface area contributed by atoms with Gasteiger partial charge in [-0.05, 0) is 10.8 Å². The van der Waals surface area contributed by atoms with Crippen molar-refractivity contribution >= 4 is 0 Å². The second-order valence-electron chi connectivity index (χ2n) is 3.34. The molecule has 0 aliphatic heterocycles. The molecule has 2 rings (SSSR count). The third kappa shape index (κ3) is 2.02. The zero-order valence-corrected chi connectivity index (χ0v) is 8.54. The Bertz CT molecular complexity index is 422. The summed E-state index contributed by atoms with van der Waals surface area (Å²) in [5.41, 5.74) is 6.85. The molecule has 0 saturated heterocycles. The van der Waals surface area contributed by atoms with E-state index in [-0.39, 0.29) is 5.92 Å². The van der Waals surface area contributed by atoms with E-state index < -0.39 is 0 Å². The first kappa shape index (κ1) is 9.79. The van der Waals surface area contributed by atoms with Crippen molar-refractivity contribution < 1.29 is 0 Å². The number of benzene rings is 1. The van der Waals surface area contributed by atoms with E-state index in [0.29, 0.717) is 12.4 Å². The van der Waals surface area contributed by atoms with E-state index >= 15 is 0 Å². The zero-order valence-electron chi connectivity index (χ0n) is 8.54. The van der Waals surface area contributed by atoms with Crippen LogP contribution in [0.15, 0.2) is 30.3 Å². The van der Waals surface area contributed by atoms with Gasteiger partial charge in [0, 0.05) is 6.54 Å². The first-order chi connectivity index (χ1) is 7.31. The van der Waals surface area contributed by atoms with Crippen molar-refractivity contribution in [3.05, 3.63) is 41.7 Å². The van der Waals surface area contributed by atoms with Gasteiger partial charge in [0.25, 0.3) is 0 Å². The van der Waals surface area contributed by atoms with Crippen LogP contribution in [0.2, 0.25) is 0 Å². The Balaban J connectivity index is 2.33. The molecule has 78 valence electrons. The number of rotatable bonds is 3. The summed E-state index contributed by atoms with van der Waals surface area (Å²) in [7, 11) is 1.75. The van der Waals surface area contributed by atoms with Crippen LogP contribution in [0.3, 0.4) is 0 Å². The van der Waals surface area contributed by atoms with Crippen molar-refractivity contribution in [2.45, 2.75) is 5.92 Å². The highest BCUT2D eigenvalue weighted by molar-refractivity contribution is 5.25. The smallest absolute Gasteiger partial charge is 0.183 e. The number of nitrogens with two attached hydrogens (primary N) is 1. The van der Waals surface area contributed by atoms with Crippen LogP contribution in [0.25, 0.3) is 0 Å². The van der Waals surface area contributed by atoms with Crippen molar-refractivity contribution in [3.8, 4) is 0 Å². The maximum Gasteiger partial charge on any atom is 0.183 e. The predicted molar refractivity (Wildman–Crippen MR) is 56.1 cm³/mol. The Hall–Kier alpha value is -1.75. The van der Waals surface area contributed by atoms with Crippen LogP contribution in [0.1, 0.15) is 17.3 Å². The first-order valence-electron chi connectivity index (χ1n) is 4.80. The summed E-state index contributed by atoms with van der Waals surface area (Å²) in [5, 5.41) is 12.0. The molecular formula is C10H13N5. The molecule has 5 heteroatoms. The summed E-state index contributed by atoms with van der Waals surface area (Å²) in [4.78, 5) is 1.45. The topological polar surface area (TPSA) is 69.6 Å². The van der Waals surface area contributed by atoms with Crippen LogP contribution < -0.4 is 5.73 Å². The Morgan fingerprint density at radius 3 is 2.60 bits per heavy atom. The summed E-state index contributed by atoms with van der Waals surface area (Å²) in [6.07, 6.45) is 0. The lowest BCUT2D eigenvalue weighted by molar-refractivity contribution is 0.624. The van der Waals surface area contributed by atoms with Crippen molar-refractivity contribution in [3.63, 3.8) is 0 Å². The van der Waals surface area contributed by atoms with Crippen molar-refractivity contribution in [2.24, 2.45) is 12.8 Å². The molecule has 0 radical (unpaired) electrons. The van der Waals surface area contributed by atoms with Crippen LogP contribution in [-0.2, 0) is 7.05 Å². The molecular weight excluding hydrogens is 190 g/mol. The molecule has 5 nitrogen and oxygen atoms in total. The lowest BCUT2D eigenvalue weighted by Gasteiger charge is -2.09. The molecule has 2 N–H and O–H groups in total. The SMILES string of the molecule is Cn1nnc(C(CN)c2ccccc2)n1. The number of aromatic nitrogens is 4. The van der Waals surface area contributed by atoms with Crippen LogP contribution in [-0.4, -0.2) is 26.8 Å². The molecule has 0 saturated carbocycles. The van der Waals surface area contributed by atoms with Gasteiger partial charge in [0.1, 0.15) is 0 Å². The number of nitrogens with zero attached hydrogens (tertiary/aromatic N) is 4. The molecule has 1 heterocycles. The van der Waals surface area contributed by atoms with Gasteiger partial charge >= 0.3 is 0 Å². The van der Waals surface area contributed by atoms with E-state index in [1.54, 1.807) is 7.05 Å². The lowest BCUT2D eigenvalue weighted by atomic mass is 9.99. The Morgan fingerprint density at radius 2 is 2.07 bits per heavy atom. The number of hydrogen-bond donors (Lipinski definition) is 1. The number of tetrazole rings is 1. The molecule has 0 fully saturated rings. The second kappa shape index (κ2) is 4.18. The van der Waals surface area contributed by atoms with Crippen LogP contribution in [0.5, 0.6) is 0 Å². The summed E-state index contributed by atoms with van der Waals surface area (Å²) in [6, 6.07) is 9.98. The largest absolute Gasteiger partial charge is 0.329 e. The molecule has 2 aromatic rings. The van der Waals surface area contributed by atoms with Gasteiger partial charge in [-0.2, -0.15) is 4.80 Å². The third-order valence-electron chi connectivity index (χ3n) is 2.27. The summed E-state index contributed by atoms with van der Waals surface area (Å²) in [5.74, 6) is 0.700. The quantitative estimate of drug-likeness (QED) is 0.779. The second-order valence-corrected chi connectivity index (χ2v) is 3.34. The molecule has 1 atom stereocenters. The zero-order chi connectivity index (χ0) is 10.7. The van der Waals surface area contributed by atoms with Crippen LogP contribution in [0.4, 0.5) is 0 Å². The molecule has 0 aliphatic rings. The molecule has 1 unspecified atom stereocenters. The molecule has 1 aromatic heterocycles. The van der Waals surface area contributed by atoms with Gasteiger partial charge in [-0.15, -0.1) is 10.2 Å². The van der Waals surface area contributed by atoms with E-state index in [1.165, 1.54) is 4.80 Å². The van der Waals surface area contributed by atoms with Gasteiger partial charge in [-0.25, -0.2) is 0 Å². The normalized spacial score (nSPS) is 12.7. The molecule has 15 heavy (non-hydrogen) atoms. The molecule has 0 amide bonds. The maximum absolute atomic E-state index is 5.73. The Kier molecular flexibility index (Phi) is 2.73. The van der Waals surface area contributed by atoms with Gasteiger partial charge in [0.2, 0.25) is 0 Å². The third-order valence-corrected chi connectivity index (χ3v) is 2.27. The fourth-order valence-corrected chi connectivity index (χ4v) is 1.51. The number of hydrogen-bond acceptors (Lipinski definition) is 4. The van der Waals surface area contributed by atoms with Crippen LogP contribution in [0, 0.1) is 0 Å². The maximum atomic E-state index is 5.73. The highest BCUT2D eigenvalue weighted by Crippen LogP contribution is 2.18. The van der Waals surface area contributed by atoms with Crippen molar-refractivity contribution in [2.75, 3.05) is 6.54 Å². The van der Waals surface area contributed by atoms with E-state index in [1.807, 2.05) is 30.3 Å². The number of aryl methyl sites for hydroxylation is 1. The average molecular weight is 203 g/mol. The van der Waals surface area contributed by atoms with Crippen LogP contribution >= 0.6 is 0 Å². The van der Waals surface area contributed by atoms with Gasteiger partial charge in [0.15, 0.2) is 5.82 Å². The molecule has 0 spiro atoms. The molecule has 1 aromatic carbocycles. The summed E-state index contributed by atoms with van der Waals surface area (Å²) < 4.78 is 0. The monoisotopic (exact) mass is 203 g/mol. The van der Waals surface area contributed by atoms with E-state index in [4.69, 9.17) is 5.73 Å². The predicted octanol–water partition coefficient (Wildman–Crippen LogP) is 0.301. The van der Waals surface area contributed by atoms with Gasteiger partial charge < -0.3 is 5.73 Å². The van der Waals surface area contributed by atoms with Crippen molar-refractivity contribution in [1.82, 2.24) is 20.2 Å². The standard InChI is InChI=1S/C10H13N5/c1-15-13-10(12-14-15)9(7-11)8-5-3-2-4-6-8/h2-6,9H,7,11H2,1H3. The highest BCUT2D eigenvalue weighted by atomic mass is 15.6. The van der Waals surface area contributed by atoms with Crippen molar-refractivity contribution in [1.29, 1.82) is 0 Å². The highest BCUT2D eigenvalue weighted by Gasteiger charge is 2.16. The Labute approximate surface area is 87.9 Å². The van der Waals surface area contributed by atoms with Gasteiger partial charge in [-0.1, -0.05) is 30.3 Å². The molecule has 0 bridgehead atoms. The van der Waals surface area contributed by atoms with Gasteiger partial charge in [-0.3, -0.25) is 0 Å². The minimum atomic E-state index is 0.0277. The van der Waals surface area contributed by atoms with E-state index in [0.717, 1.165) is 5.56 Å². The summed E-state index contributed by atoms with van der Waals surface area (Å²) in [6.45, 7) is 0.482.